The van der Waals surface area contributed by atoms with Crippen LogP contribution in [0.3, 0.4) is 0 Å². The van der Waals surface area contributed by atoms with Crippen LogP contribution in [0.15, 0.2) is 59.5 Å². The lowest BCUT2D eigenvalue weighted by atomic mass is 10.2. The number of imidazole rings is 1. The van der Waals surface area contributed by atoms with Crippen LogP contribution in [-0.2, 0) is 16.1 Å². The number of thiazole rings is 1. The van der Waals surface area contributed by atoms with Crippen LogP contribution in [-0.4, -0.2) is 27.0 Å². The number of hydrogen-bond donors (Lipinski definition) is 0. The van der Waals surface area contributed by atoms with E-state index in [2.05, 4.69) is 4.98 Å². The molecular formula is C21H15N3O3S. The maximum atomic E-state index is 13.0. The van der Waals surface area contributed by atoms with Crippen molar-refractivity contribution in [1.82, 2.24) is 14.0 Å². The molecule has 7 heteroatoms. The molecule has 0 fully saturated rings. The van der Waals surface area contributed by atoms with Gasteiger partial charge in [0.05, 0.1) is 22.7 Å². The molecule has 0 aliphatic rings. The van der Waals surface area contributed by atoms with Crippen molar-refractivity contribution in [2.24, 2.45) is 0 Å². The standard InChI is InChI=1S/C21H15N3O3S/c1-27-19(25)12-23-11-13(14-6-2-4-8-16(14)23)10-18-20(26)24-17-9-5-3-7-15(17)22-21(24)28-18/h2-11H,12H2,1H3/b18-10-. The van der Waals surface area contributed by atoms with Crippen molar-refractivity contribution < 1.29 is 9.53 Å². The number of ether oxygens (including phenoxy) is 1. The van der Waals surface area contributed by atoms with Crippen LogP contribution in [0, 0.1) is 0 Å². The van der Waals surface area contributed by atoms with E-state index in [1.165, 1.54) is 18.4 Å². The van der Waals surface area contributed by atoms with E-state index in [-0.39, 0.29) is 18.1 Å². The molecule has 0 N–H and O–H groups in total. The zero-order valence-corrected chi connectivity index (χ0v) is 15.8. The Balaban J connectivity index is 1.73. The number of esters is 1. The second-order valence-corrected chi connectivity index (χ2v) is 7.45. The number of rotatable bonds is 3. The number of para-hydroxylation sites is 3. The lowest BCUT2D eigenvalue weighted by Crippen LogP contribution is -2.22. The number of fused-ring (bicyclic) bond motifs is 4. The van der Waals surface area contributed by atoms with Gasteiger partial charge in [0.15, 0.2) is 4.96 Å². The Morgan fingerprint density at radius 3 is 2.71 bits per heavy atom. The summed E-state index contributed by atoms with van der Waals surface area (Å²) in [7, 11) is 1.37. The quantitative estimate of drug-likeness (QED) is 0.445. The average Bonchev–Trinajstić information content (AvgIpc) is 3.34. The van der Waals surface area contributed by atoms with Gasteiger partial charge in [-0.25, -0.2) is 9.38 Å². The van der Waals surface area contributed by atoms with Gasteiger partial charge in [0.1, 0.15) is 6.54 Å². The summed E-state index contributed by atoms with van der Waals surface area (Å²) < 4.78 is 8.89. The van der Waals surface area contributed by atoms with Crippen LogP contribution >= 0.6 is 11.3 Å². The number of carbonyl (C=O) groups is 1. The van der Waals surface area contributed by atoms with Gasteiger partial charge in [-0.2, -0.15) is 0 Å². The monoisotopic (exact) mass is 389 g/mol. The molecule has 138 valence electrons. The van der Waals surface area contributed by atoms with Crippen molar-refractivity contribution >= 4 is 50.3 Å². The van der Waals surface area contributed by atoms with Crippen LogP contribution in [0.5, 0.6) is 0 Å². The summed E-state index contributed by atoms with van der Waals surface area (Å²) in [6.45, 7) is 0.119. The first-order valence-corrected chi connectivity index (χ1v) is 9.54. The number of aromatic nitrogens is 3. The third-order valence-corrected chi connectivity index (χ3v) is 5.75. The molecule has 0 bridgehead atoms. The van der Waals surface area contributed by atoms with Gasteiger partial charge in [-0.15, -0.1) is 0 Å². The van der Waals surface area contributed by atoms with Crippen LogP contribution in [0.1, 0.15) is 5.56 Å². The van der Waals surface area contributed by atoms with Crippen LogP contribution < -0.4 is 10.1 Å². The SMILES string of the molecule is COC(=O)Cn1cc(/C=c2\sc3nc4ccccc4n3c2=O)c2ccccc21. The van der Waals surface area contributed by atoms with E-state index in [1.54, 1.807) is 4.40 Å². The predicted molar refractivity (Wildman–Crippen MR) is 110 cm³/mol. The highest BCUT2D eigenvalue weighted by molar-refractivity contribution is 7.15. The lowest BCUT2D eigenvalue weighted by molar-refractivity contribution is -0.141. The first-order valence-electron chi connectivity index (χ1n) is 8.72. The summed E-state index contributed by atoms with van der Waals surface area (Å²) in [4.78, 5) is 30.0. The van der Waals surface area contributed by atoms with Gasteiger partial charge in [-0.3, -0.25) is 9.59 Å². The largest absolute Gasteiger partial charge is 0.468 e. The summed E-state index contributed by atoms with van der Waals surface area (Å²) in [5, 5.41) is 0.974. The molecule has 6 nitrogen and oxygen atoms in total. The lowest BCUT2D eigenvalue weighted by Gasteiger charge is -2.02. The Morgan fingerprint density at radius 2 is 1.89 bits per heavy atom. The number of methoxy groups -OCH3 is 1. The zero-order chi connectivity index (χ0) is 19.3. The molecule has 3 aromatic heterocycles. The minimum Gasteiger partial charge on any atom is -0.468 e. The van der Waals surface area contributed by atoms with Crippen molar-refractivity contribution in [3.63, 3.8) is 0 Å². The Kier molecular flexibility index (Phi) is 3.77. The highest BCUT2D eigenvalue weighted by Crippen LogP contribution is 2.22. The maximum absolute atomic E-state index is 13.0. The van der Waals surface area contributed by atoms with E-state index in [9.17, 15) is 9.59 Å². The summed E-state index contributed by atoms with van der Waals surface area (Å²) >= 11 is 1.36. The second kappa shape index (κ2) is 6.31. The molecule has 0 radical (unpaired) electrons. The van der Waals surface area contributed by atoms with Gasteiger partial charge in [0, 0.05) is 22.7 Å². The minimum atomic E-state index is -0.321. The number of hydrogen-bond acceptors (Lipinski definition) is 5. The van der Waals surface area contributed by atoms with Crippen molar-refractivity contribution in [1.29, 1.82) is 0 Å². The molecule has 0 amide bonds. The molecule has 3 heterocycles. The number of carbonyl (C=O) groups excluding carboxylic acids is 1. The second-order valence-electron chi connectivity index (χ2n) is 6.44. The van der Waals surface area contributed by atoms with Crippen molar-refractivity contribution in [2.45, 2.75) is 6.54 Å². The molecule has 28 heavy (non-hydrogen) atoms. The molecule has 5 rings (SSSR count). The molecular weight excluding hydrogens is 374 g/mol. The van der Waals surface area contributed by atoms with Gasteiger partial charge in [-0.05, 0) is 24.3 Å². The molecule has 0 atom stereocenters. The Labute approximate surface area is 162 Å². The molecule has 0 unspecified atom stereocenters. The fourth-order valence-corrected chi connectivity index (χ4v) is 4.46. The van der Waals surface area contributed by atoms with Crippen LogP contribution in [0.25, 0.3) is 33.0 Å². The third kappa shape index (κ3) is 2.51. The molecule has 0 aliphatic heterocycles. The van der Waals surface area contributed by atoms with Crippen molar-refractivity contribution in [2.75, 3.05) is 7.11 Å². The number of benzene rings is 2. The topological polar surface area (TPSA) is 65.6 Å². The molecule has 0 aliphatic carbocycles. The van der Waals surface area contributed by atoms with Gasteiger partial charge >= 0.3 is 5.97 Å². The average molecular weight is 389 g/mol. The fraction of sp³-hybridized carbons (Fsp3) is 0.0952. The normalized spacial score (nSPS) is 12.4. The number of nitrogens with zero attached hydrogens (tertiary/aromatic N) is 3. The predicted octanol–water partition coefficient (Wildman–Crippen LogP) is 2.58. The van der Waals surface area contributed by atoms with Gasteiger partial charge in [0.2, 0.25) is 0 Å². The van der Waals surface area contributed by atoms with E-state index >= 15 is 0 Å². The van der Waals surface area contributed by atoms with Crippen LogP contribution in [0.2, 0.25) is 0 Å². The third-order valence-electron chi connectivity index (χ3n) is 4.78. The highest BCUT2D eigenvalue weighted by Gasteiger charge is 2.13. The van der Waals surface area contributed by atoms with E-state index in [1.807, 2.05) is 65.4 Å². The van der Waals surface area contributed by atoms with Gasteiger partial charge in [0.25, 0.3) is 5.56 Å². The highest BCUT2D eigenvalue weighted by atomic mass is 32.1. The smallest absolute Gasteiger partial charge is 0.325 e. The maximum Gasteiger partial charge on any atom is 0.325 e. The molecule has 5 aromatic rings. The summed E-state index contributed by atoms with van der Waals surface area (Å²) in [6, 6.07) is 15.4. The first-order chi connectivity index (χ1) is 13.7. The molecule has 0 saturated heterocycles. The zero-order valence-electron chi connectivity index (χ0n) is 15.0. The fourth-order valence-electron chi connectivity index (χ4n) is 3.48. The Morgan fingerprint density at radius 1 is 1.14 bits per heavy atom. The van der Waals surface area contributed by atoms with Crippen molar-refractivity contribution in [3.05, 3.63) is 75.2 Å². The Bertz CT molecular complexity index is 1480. The van der Waals surface area contributed by atoms with Crippen LogP contribution in [0.4, 0.5) is 0 Å². The van der Waals surface area contributed by atoms with E-state index < -0.39 is 0 Å². The minimum absolute atomic E-state index is 0.0847. The summed E-state index contributed by atoms with van der Waals surface area (Å²) in [5.41, 5.74) is 3.33. The van der Waals surface area contributed by atoms with Crippen molar-refractivity contribution in [3.8, 4) is 0 Å². The van der Waals surface area contributed by atoms with Gasteiger partial charge in [-0.1, -0.05) is 41.7 Å². The first kappa shape index (κ1) is 16.7. The Hall–Kier alpha value is -3.45. The molecule has 2 aromatic carbocycles. The van der Waals surface area contributed by atoms with Gasteiger partial charge < -0.3 is 9.30 Å². The summed E-state index contributed by atoms with van der Waals surface area (Å²) in [5.74, 6) is -0.321. The van der Waals surface area contributed by atoms with E-state index in [0.717, 1.165) is 27.5 Å². The molecule has 0 spiro atoms. The molecule has 0 saturated carbocycles. The van der Waals surface area contributed by atoms with E-state index in [4.69, 9.17) is 4.74 Å². The summed E-state index contributed by atoms with van der Waals surface area (Å²) in [6.07, 6.45) is 3.74. The van der Waals surface area contributed by atoms with E-state index in [0.29, 0.717) is 9.49 Å².